The van der Waals surface area contributed by atoms with E-state index in [9.17, 15) is 9.90 Å². The van der Waals surface area contributed by atoms with Gasteiger partial charge in [-0.3, -0.25) is 4.79 Å². The van der Waals surface area contributed by atoms with Gasteiger partial charge >= 0.3 is 0 Å². The fraction of sp³-hybridized carbons (Fsp3) is 0.294. The highest BCUT2D eigenvalue weighted by Gasteiger charge is 2.26. The number of carbonyl (C=O) groups excluding carboxylic acids is 1. The summed E-state index contributed by atoms with van der Waals surface area (Å²) in [5.41, 5.74) is 1.81. The van der Waals surface area contributed by atoms with Gasteiger partial charge in [0.05, 0.1) is 16.8 Å². The van der Waals surface area contributed by atoms with Crippen LogP contribution in [0.5, 0.6) is 5.75 Å². The van der Waals surface area contributed by atoms with Crippen molar-refractivity contribution in [2.24, 2.45) is 0 Å². The normalized spacial score (nSPS) is 15.0. The molecule has 23 heavy (non-hydrogen) atoms. The molecule has 120 valence electrons. The number of aromatic nitrogens is 1. The lowest BCUT2D eigenvalue weighted by Crippen LogP contribution is -2.52. The molecule has 2 heterocycles. The molecule has 2 aromatic rings. The summed E-state index contributed by atoms with van der Waals surface area (Å²) in [5.74, 6) is 0.657. The Morgan fingerprint density at radius 3 is 3.04 bits per heavy atom. The van der Waals surface area contributed by atoms with Crippen molar-refractivity contribution in [3.05, 3.63) is 52.0 Å². The maximum Gasteiger partial charge on any atom is 0.246 e. The van der Waals surface area contributed by atoms with Crippen LogP contribution in [0.25, 0.3) is 6.08 Å². The molecule has 1 fully saturated rings. The van der Waals surface area contributed by atoms with Crippen LogP contribution in [0.4, 0.5) is 0 Å². The summed E-state index contributed by atoms with van der Waals surface area (Å²) in [5, 5.41) is 12.2. The molecule has 6 heteroatoms. The van der Waals surface area contributed by atoms with Crippen LogP contribution in [0.3, 0.4) is 0 Å². The van der Waals surface area contributed by atoms with Gasteiger partial charge in [-0.05, 0) is 30.7 Å². The van der Waals surface area contributed by atoms with Crippen molar-refractivity contribution in [1.82, 2.24) is 9.88 Å². The van der Waals surface area contributed by atoms with Gasteiger partial charge in [0.1, 0.15) is 12.4 Å². The lowest BCUT2D eigenvalue weighted by atomic mass is 10.1. The molecule has 1 amide bonds. The second kappa shape index (κ2) is 6.93. The van der Waals surface area contributed by atoms with Crippen molar-refractivity contribution in [1.29, 1.82) is 0 Å². The SMILES string of the molecule is Cc1nc(COc2cccc(/C=C/C(=O)N3CC(O)C3)c2)cs1. The number of hydrogen-bond donors (Lipinski definition) is 1. The number of amides is 1. The van der Waals surface area contributed by atoms with E-state index in [0.29, 0.717) is 19.7 Å². The zero-order chi connectivity index (χ0) is 16.2. The lowest BCUT2D eigenvalue weighted by Gasteiger charge is -2.34. The molecule has 1 aliphatic rings. The molecule has 1 aromatic heterocycles. The Bertz CT molecular complexity index is 720. The minimum absolute atomic E-state index is 0.0837. The van der Waals surface area contributed by atoms with Gasteiger partial charge in [0, 0.05) is 24.5 Å². The first-order chi connectivity index (χ1) is 11.1. The van der Waals surface area contributed by atoms with Crippen LogP contribution in [-0.2, 0) is 11.4 Å². The van der Waals surface area contributed by atoms with Crippen LogP contribution in [0, 0.1) is 6.92 Å². The molecule has 1 aromatic carbocycles. The molecular weight excluding hydrogens is 312 g/mol. The minimum atomic E-state index is -0.376. The van der Waals surface area contributed by atoms with Crippen molar-refractivity contribution < 1.29 is 14.6 Å². The van der Waals surface area contributed by atoms with E-state index in [1.165, 1.54) is 6.08 Å². The Kier molecular flexibility index (Phi) is 4.73. The number of nitrogens with zero attached hydrogens (tertiary/aromatic N) is 2. The smallest absolute Gasteiger partial charge is 0.246 e. The Labute approximate surface area is 138 Å². The van der Waals surface area contributed by atoms with Gasteiger partial charge in [-0.25, -0.2) is 4.98 Å². The summed E-state index contributed by atoms with van der Waals surface area (Å²) in [4.78, 5) is 17.8. The quantitative estimate of drug-likeness (QED) is 0.854. The number of aryl methyl sites for hydroxylation is 1. The van der Waals surface area contributed by atoms with Crippen LogP contribution in [0.2, 0.25) is 0 Å². The first-order valence-corrected chi connectivity index (χ1v) is 8.27. The molecule has 5 nitrogen and oxygen atoms in total. The van der Waals surface area contributed by atoms with Crippen molar-refractivity contribution >= 4 is 23.3 Å². The molecule has 1 saturated heterocycles. The summed E-state index contributed by atoms with van der Waals surface area (Å²) in [6, 6.07) is 7.56. The third kappa shape index (κ3) is 4.18. The molecule has 0 saturated carbocycles. The number of carbonyl (C=O) groups is 1. The summed E-state index contributed by atoms with van der Waals surface area (Å²) in [6.07, 6.45) is 2.90. The Morgan fingerprint density at radius 1 is 1.52 bits per heavy atom. The zero-order valence-corrected chi connectivity index (χ0v) is 13.6. The average Bonchev–Trinajstić information content (AvgIpc) is 2.93. The predicted molar refractivity (Wildman–Crippen MR) is 89.2 cm³/mol. The van der Waals surface area contributed by atoms with Gasteiger partial charge in [-0.2, -0.15) is 0 Å². The van der Waals surface area contributed by atoms with E-state index in [1.54, 1.807) is 22.3 Å². The third-order valence-electron chi connectivity index (χ3n) is 3.50. The first kappa shape index (κ1) is 15.7. The van der Waals surface area contributed by atoms with Crippen LogP contribution in [-0.4, -0.2) is 40.1 Å². The van der Waals surface area contributed by atoms with E-state index >= 15 is 0 Å². The topological polar surface area (TPSA) is 62.7 Å². The van der Waals surface area contributed by atoms with Crippen molar-refractivity contribution in [3.63, 3.8) is 0 Å². The van der Waals surface area contributed by atoms with Gasteiger partial charge in [0.15, 0.2) is 0 Å². The second-order valence-electron chi connectivity index (χ2n) is 5.45. The largest absolute Gasteiger partial charge is 0.487 e. The molecule has 1 aliphatic heterocycles. The highest BCUT2D eigenvalue weighted by atomic mass is 32.1. The molecule has 0 aliphatic carbocycles. The molecule has 0 unspecified atom stereocenters. The standard InChI is InChI=1S/C17H18N2O3S/c1-12-18-14(11-23-12)10-22-16-4-2-3-13(7-16)5-6-17(21)19-8-15(20)9-19/h2-7,11,15,20H,8-10H2,1H3/b6-5+. The molecule has 1 N–H and O–H groups in total. The van der Waals surface area contributed by atoms with Crippen molar-refractivity contribution in [2.45, 2.75) is 19.6 Å². The lowest BCUT2D eigenvalue weighted by molar-refractivity contribution is -0.135. The number of aliphatic hydroxyl groups is 1. The zero-order valence-electron chi connectivity index (χ0n) is 12.8. The van der Waals surface area contributed by atoms with E-state index in [1.807, 2.05) is 36.6 Å². The maximum absolute atomic E-state index is 11.8. The number of likely N-dealkylation sites (tertiary alicyclic amines) is 1. The van der Waals surface area contributed by atoms with E-state index in [0.717, 1.165) is 22.0 Å². The van der Waals surface area contributed by atoms with Gasteiger partial charge < -0.3 is 14.7 Å². The van der Waals surface area contributed by atoms with E-state index in [4.69, 9.17) is 4.74 Å². The number of thiazole rings is 1. The number of benzene rings is 1. The Morgan fingerprint density at radius 2 is 2.35 bits per heavy atom. The van der Waals surface area contributed by atoms with Gasteiger partial charge in [0.2, 0.25) is 5.91 Å². The van der Waals surface area contributed by atoms with Crippen LogP contribution in [0.15, 0.2) is 35.7 Å². The molecule has 0 radical (unpaired) electrons. The van der Waals surface area contributed by atoms with Crippen LogP contribution < -0.4 is 4.74 Å². The van der Waals surface area contributed by atoms with Gasteiger partial charge in [-0.15, -0.1) is 11.3 Å². The Hall–Kier alpha value is -2.18. The Balaban J connectivity index is 1.57. The fourth-order valence-electron chi connectivity index (χ4n) is 2.25. The van der Waals surface area contributed by atoms with Gasteiger partial charge in [0.25, 0.3) is 0 Å². The monoisotopic (exact) mass is 330 g/mol. The molecule has 0 atom stereocenters. The molecular formula is C17H18N2O3S. The van der Waals surface area contributed by atoms with E-state index < -0.39 is 0 Å². The number of β-amino-alcohol motifs (C(OH)–C–C–N with tert-alkyl or cyclic N) is 1. The van der Waals surface area contributed by atoms with E-state index in [-0.39, 0.29) is 12.0 Å². The number of rotatable bonds is 5. The second-order valence-corrected chi connectivity index (χ2v) is 6.51. The molecule has 0 bridgehead atoms. The summed E-state index contributed by atoms with van der Waals surface area (Å²) >= 11 is 1.60. The maximum atomic E-state index is 11.8. The number of hydrogen-bond acceptors (Lipinski definition) is 5. The predicted octanol–water partition coefficient (Wildman–Crippen LogP) is 2.25. The van der Waals surface area contributed by atoms with Crippen molar-refractivity contribution in [3.8, 4) is 5.75 Å². The average molecular weight is 330 g/mol. The highest BCUT2D eigenvalue weighted by Crippen LogP contribution is 2.17. The first-order valence-electron chi connectivity index (χ1n) is 7.39. The van der Waals surface area contributed by atoms with E-state index in [2.05, 4.69) is 4.98 Å². The number of ether oxygens (including phenoxy) is 1. The summed E-state index contributed by atoms with van der Waals surface area (Å²) in [7, 11) is 0. The summed E-state index contributed by atoms with van der Waals surface area (Å²) < 4.78 is 5.73. The highest BCUT2D eigenvalue weighted by molar-refractivity contribution is 7.09. The number of aliphatic hydroxyl groups excluding tert-OH is 1. The minimum Gasteiger partial charge on any atom is -0.487 e. The van der Waals surface area contributed by atoms with Crippen molar-refractivity contribution in [2.75, 3.05) is 13.1 Å². The molecule has 3 rings (SSSR count). The molecule has 0 spiro atoms. The third-order valence-corrected chi connectivity index (χ3v) is 4.33. The van der Waals surface area contributed by atoms with Crippen LogP contribution >= 0.6 is 11.3 Å². The fourth-order valence-corrected chi connectivity index (χ4v) is 2.85. The van der Waals surface area contributed by atoms with Crippen LogP contribution in [0.1, 0.15) is 16.3 Å². The van der Waals surface area contributed by atoms with Gasteiger partial charge in [-0.1, -0.05) is 12.1 Å². The summed E-state index contributed by atoms with van der Waals surface area (Å²) in [6.45, 7) is 3.23.